The van der Waals surface area contributed by atoms with Crippen LogP contribution in [0.1, 0.15) is 0 Å². The van der Waals surface area contributed by atoms with Crippen LogP contribution in [-0.2, 0) is 9.53 Å². The van der Waals surface area contributed by atoms with Crippen molar-refractivity contribution < 1.29 is 14.6 Å². The smallest absolute Gasteiger partial charge is 0.323 e. The topological polar surface area (TPSA) is 58.6 Å². The third-order valence-corrected chi connectivity index (χ3v) is 1.01. The molecule has 5 heteroatoms. The molecule has 0 aliphatic carbocycles. The van der Waals surface area contributed by atoms with Crippen LogP contribution >= 0.6 is 12.4 Å². The number of halogens is 1. The van der Waals surface area contributed by atoms with Crippen LogP contribution in [0, 0.1) is 0 Å². The maximum atomic E-state index is 10.1. The quantitative estimate of drug-likeness (QED) is 0.530. The normalized spacial score (nSPS) is 25.1. The van der Waals surface area contributed by atoms with Crippen molar-refractivity contribution in [2.45, 2.75) is 6.04 Å². The summed E-state index contributed by atoms with van der Waals surface area (Å²) in [5.74, 6) is -0.845. The number of carbonyl (C=O) groups is 1. The zero-order valence-corrected chi connectivity index (χ0v) is 5.48. The van der Waals surface area contributed by atoms with Gasteiger partial charge in [-0.15, -0.1) is 12.4 Å². The summed E-state index contributed by atoms with van der Waals surface area (Å²) in [5.41, 5.74) is 0. The molecule has 1 atom stereocenters. The van der Waals surface area contributed by atoms with Gasteiger partial charge in [0.2, 0.25) is 0 Å². The molecule has 54 valence electrons. The SMILES string of the molecule is Cl.O=C(O)[C@@H]1COCN1. The van der Waals surface area contributed by atoms with Crippen LogP contribution in [0.25, 0.3) is 0 Å². The molecule has 0 bridgehead atoms. The molecule has 2 N–H and O–H groups in total. The molecule has 0 unspecified atom stereocenters. The molecule has 4 nitrogen and oxygen atoms in total. The summed E-state index contributed by atoms with van der Waals surface area (Å²) in [7, 11) is 0. The van der Waals surface area contributed by atoms with E-state index < -0.39 is 12.0 Å². The van der Waals surface area contributed by atoms with Crippen LogP contribution in [0.2, 0.25) is 0 Å². The van der Waals surface area contributed by atoms with Crippen LogP contribution in [-0.4, -0.2) is 30.5 Å². The van der Waals surface area contributed by atoms with Gasteiger partial charge in [-0.25, -0.2) is 0 Å². The molecule has 1 heterocycles. The summed E-state index contributed by atoms with van der Waals surface area (Å²) in [5, 5.41) is 10.9. The Kier molecular flexibility index (Phi) is 3.53. The second-order valence-corrected chi connectivity index (χ2v) is 1.61. The summed E-state index contributed by atoms with van der Waals surface area (Å²) < 4.78 is 4.73. The lowest BCUT2D eigenvalue weighted by Gasteiger charge is -1.96. The molecule has 1 aliphatic rings. The fraction of sp³-hybridized carbons (Fsp3) is 0.750. The van der Waals surface area contributed by atoms with Gasteiger partial charge in [0, 0.05) is 0 Å². The Labute approximate surface area is 58.6 Å². The number of hydrogen-bond donors (Lipinski definition) is 2. The minimum Gasteiger partial charge on any atom is -0.480 e. The second kappa shape index (κ2) is 3.66. The lowest BCUT2D eigenvalue weighted by molar-refractivity contribution is -0.139. The van der Waals surface area contributed by atoms with E-state index in [1.165, 1.54) is 0 Å². The molecule has 0 radical (unpaired) electrons. The van der Waals surface area contributed by atoms with E-state index in [1.807, 2.05) is 0 Å². The van der Waals surface area contributed by atoms with E-state index in [-0.39, 0.29) is 19.0 Å². The van der Waals surface area contributed by atoms with E-state index in [2.05, 4.69) is 5.32 Å². The number of ether oxygens (including phenoxy) is 1. The number of hydrogen-bond acceptors (Lipinski definition) is 3. The molecule has 1 saturated heterocycles. The van der Waals surface area contributed by atoms with E-state index in [9.17, 15) is 4.79 Å². The molecule has 0 aromatic carbocycles. The molecule has 0 aromatic rings. The van der Waals surface area contributed by atoms with Gasteiger partial charge in [0.25, 0.3) is 0 Å². The highest BCUT2D eigenvalue weighted by Gasteiger charge is 2.20. The Morgan fingerprint density at radius 1 is 1.78 bits per heavy atom. The van der Waals surface area contributed by atoms with Crippen molar-refractivity contribution in [1.82, 2.24) is 5.32 Å². The summed E-state index contributed by atoms with van der Waals surface area (Å²) in [6.07, 6.45) is 0. The first kappa shape index (κ1) is 8.68. The van der Waals surface area contributed by atoms with Crippen molar-refractivity contribution in [3.8, 4) is 0 Å². The molecule has 1 rings (SSSR count). The Hall–Kier alpha value is -0.320. The number of nitrogens with one attached hydrogen (secondary N) is 1. The predicted octanol–water partition coefficient (Wildman–Crippen LogP) is -0.561. The maximum absolute atomic E-state index is 10.1. The molecule has 1 aliphatic heterocycles. The average molecular weight is 154 g/mol. The van der Waals surface area contributed by atoms with E-state index in [0.717, 1.165) is 0 Å². The van der Waals surface area contributed by atoms with Gasteiger partial charge in [0.15, 0.2) is 0 Å². The third kappa shape index (κ3) is 2.17. The van der Waals surface area contributed by atoms with Crippen LogP contribution in [0.4, 0.5) is 0 Å². The highest BCUT2D eigenvalue weighted by molar-refractivity contribution is 5.85. The lowest BCUT2D eigenvalue weighted by atomic mass is 10.3. The number of aliphatic carboxylic acids is 1. The molecule has 0 amide bonds. The molecular weight excluding hydrogens is 146 g/mol. The van der Waals surface area contributed by atoms with Crippen LogP contribution < -0.4 is 5.32 Å². The number of rotatable bonds is 1. The van der Waals surface area contributed by atoms with Gasteiger partial charge in [0.05, 0.1) is 13.3 Å². The van der Waals surface area contributed by atoms with Crippen molar-refractivity contribution in [2.75, 3.05) is 13.3 Å². The van der Waals surface area contributed by atoms with Crippen molar-refractivity contribution >= 4 is 18.4 Å². The van der Waals surface area contributed by atoms with E-state index in [1.54, 1.807) is 0 Å². The monoisotopic (exact) mass is 153 g/mol. The summed E-state index contributed by atoms with van der Waals surface area (Å²) in [6.45, 7) is 0.645. The minimum absolute atomic E-state index is 0. The van der Waals surface area contributed by atoms with E-state index in [0.29, 0.717) is 6.73 Å². The van der Waals surface area contributed by atoms with Gasteiger partial charge in [-0.1, -0.05) is 0 Å². The lowest BCUT2D eigenvalue weighted by Crippen LogP contribution is -2.32. The molecular formula is C4H8ClNO3. The van der Waals surface area contributed by atoms with Crippen molar-refractivity contribution in [2.24, 2.45) is 0 Å². The van der Waals surface area contributed by atoms with Crippen LogP contribution in [0.3, 0.4) is 0 Å². The molecule has 0 saturated carbocycles. The largest absolute Gasteiger partial charge is 0.480 e. The van der Waals surface area contributed by atoms with Gasteiger partial charge in [0.1, 0.15) is 6.04 Å². The first-order chi connectivity index (χ1) is 3.80. The van der Waals surface area contributed by atoms with Crippen LogP contribution in [0.5, 0.6) is 0 Å². The molecule has 1 fully saturated rings. The summed E-state index contributed by atoms with van der Waals surface area (Å²) >= 11 is 0. The standard InChI is InChI=1S/C4H7NO3.ClH/c6-4(7)3-1-8-2-5-3;/h3,5H,1-2H2,(H,6,7);1H/t3-;/m0./s1. The van der Waals surface area contributed by atoms with Gasteiger partial charge >= 0.3 is 5.97 Å². The first-order valence-corrected chi connectivity index (χ1v) is 2.34. The zero-order chi connectivity index (χ0) is 5.98. The van der Waals surface area contributed by atoms with Crippen molar-refractivity contribution in [1.29, 1.82) is 0 Å². The van der Waals surface area contributed by atoms with E-state index >= 15 is 0 Å². The Balaban J connectivity index is 0.000000640. The zero-order valence-electron chi connectivity index (χ0n) is 4.66. The highest BCUT2D eigenvalue weighted by Crippen LogP contribution is 1.92. The summed E-state index contributed by atoms with van der Waals surface area (Å²) in [4.78, 5) is 10.1. The predicted molar refractivity (Wildman–Crippen MR) is 32.6 cm³/mol. The average Bonchev–Trinajstić information content (AvgIpc) is 2.12. The van der Waals surface area contributed by atoms with Gasteiger partial charge in [-0.2, -0.15) is 0 Å². The third-order valence-electron chi connectivity index (χ3n) is 1.01. The molecule has 9 heavy (non-hydrogen) atoms. The van der Waals surface area contributed by atoms with Crippen molar-refractivity contribution in [3.63, 3.8) is 0 Å². The number of carboxylic acid groups (broad SMARTS) is 1. The first-order valence-electron chi connectivity index (χ1n) is 2.34. The number of carboxylic acids is 1. The van der Waals surface area contributed by atoms with Crippen LogP contribution in [0.15, 0.2) is 0 Å². The Morgan fingerprint density at radius 3 is 2.67 bits per heavy atom. The van der Waals surface area contributed by atoms with Gasteiger partial charge in [-0.3, -0.25) is 10.1 Å². The fourth-order valence-corrected chi connectivity index (χ4v) is 0.554. The molecule has 0 spiro atoms. The Morgan fingerprint density at radius 2 is 2.44 bits per heavy atom. The molecule has 0 aromatic heterocycles. The fourth-order valence-electron chi connectivity index (χ4n) is 0.554. The Bertz CT molecular complexity index is 102. The van der Waals surface area contributed by atoms with E-state index in [4.69, 9.17) is 9.84 Å². The van der Waals surface area contributed by atoms with Crippen molar-refractivity contribution in [3.05, 3.63) is 0 Å². The minimum atomic E-state index is -0.845. The second-order valence-electron chi connectivity index (χ2n) is 1.61. The summed E-state index contributed by atoms with van der Waals surface area (Å²) in [6, 6.07) is -0.491. The van der Waals surface area contributed by atoms with Gasteiger partial charge < -0.3 is 9.84 Å². The highest BCUT2D eigenvalue weighted by atomic mass is 35.5. The maximum Gasteiger partial charge on any atom is 0.323 e. The van der Waals surface area contributed by atoms with Gasteiger partial charge in [-0.05, 0) is 0 Å².